The van der Waals surface area contributed by atoms with Crippen LogP contribution in [0.4, 0.5) is 0 Å². The molecular formula is C11H15N5. The number of nitrogens with zero attached hydrogens (tertiary/aromatic N) is 4. The van der Waals surface area contributed by atoms with E-state index < -0.39 is 0 Å². The molecule has 0 saturated heterocycles. The monoisotopic (exact) mass is 217 g/mol. The van der Waals surface area contributed by atoms with Crippen LogP contribution in [-0.4, -0.2) is 19.7 Å². The van der Waals surface area contributed by atoms with Crippen LogP contribution in [0.25, 0.3) is 0 Å². The number of pyridine rings is 1. The van der Waals surface area contributed by atoms with Crippen molar-refractivity contribution in [2.24, 2.45) is 7.05 Å². The van der Waals surface area contributed by atoms with E-state index in [1.165, 1.54) is 5.56 Å². The van der Waals surface area contributed by atoms with E-state index in [9.17, 15) is 0 Å². The molecule has 0 aromatic carbocycles. The Morgan fingerprint density at radius 2 is 2.12 bits per heavy atom. The number of rotatable bonds is 4. The zero-order chi connectivity index (χ0) is 11.4. The molecule has 0 spiro atoms. The molecule has 0 bridgehead atoms. The quantitative estimate of drug-likeness (QED) is 0.832. The molecule has 2 heterocycles. The van der Waals surface area contributed by atoms with E-state index in [1.54, 1.807) is 18.7 Å². The molecule has 84 valence electrons. The maximum Gasteiger partial charge on any atom is 0.146 e. The molecule has 5 nitrogen and oxygen atoms in total. The van der Waals surface area contributed by atoms with Gasteiger partial charge in [0.25, 0.3) is 0 Å². The molecule has 16 heavy (non-hydrogen) atoms. The van der Waals surface area contributed by atoms with E-state index in [4.69, 9.17) is 0 Å². The Morgan fingerprint density at radius 3 is 2.75 bits per heavy atom. The Balaban J connectivity index is 1.94. The van der Waals surface area contributed by atoms with Crippen molar-refractivity contribution in [3.05, 3.63) is 42.2 Å². The van der Waals surface area contributed by atoms with Crippen molar-refractivity contribution in [2.45, 2.75) is 19.5 Å². The standard InChI is InChI=1S/C11H15N5/c1-9(10-3-5-12-6-4-10)13-7-11-15-14-8-16(11)2/h3-6,8-9,13H,7H2,1-2H3. The summed E-state index contributed by atoms with van der Waals surface area (Å²) in [5.74, 6) is 0.931. The predicted octanol–water partition coefficient (Wildman–Crippen LogP) is 1.06. The summed E-state index contributed by atoms with van der Waals surface area (Å²) in [6, 6.07) is 4.29. The second-order valence-electron chi connectivity index (χ2n) is 3.74. The van der Waals surface area contributed by atoms with E-state index >= 15 is 0 Å². The molecule has 0 fully saturated rings. The van der Waals surface area contributed by atoms with Crippen molar-refractivity contribution in [3.63, 3.8) is 0 Å². The van der Waals surface area contributed by atoms with Crippen LogP contribution in [0, 0.1) is 0 Å². The van der Waals surface area contributed by atoms with Crippen molar-refractivity contribution in [2.75, 3.05) is 0 Å². The molecule has 2 rings (SSSR count). The first kappa shape index (κ1) is 10.8. The van der Waals surface area contributed by atoms with Gasteiger partial charge in [-0.15, -0.1) is 10.2 Å². The minimum Gasteiger partial charge on any atom is -0.320 e. The summed E-state index contributed by atoms with van der Waals surface area (Å²) in [6.45, 7) is 2.83. The first-order valence-corrected chi connectivity index (χ1v) is 5.23. The molecule has 0 aliphatic heterocycles. The van der Waals surface area contributed by atoms with Crippen LogP contribution in [0.2, 0.25) is 0 Å². The maximum absolute atomic E-state index is 4.02. The van der Waals surface area contributed by atoms with Gasteiger partial charge in [0, 0.05) is 25.5 Å². The summed E-state index contributed by atoms with van der Waals surface area (Å²) in [6.07, 6.45) is 5.31. The van der Waals surface area contributed by atoms with Crippen LogP contribution >= 0.6 is 0 Å². The largest absolute Gasteiger partial charge is 0.320 e. The molecule has 2 aromatic rings. The van der Waals surface area contributed by atoms with E-state index in [-0.39, 0.29) is 6.04 Å². The molecular weight excluding hydrogens is 202 g/mol. The fraction of sp³-hybridized carbons (Fsp3) is 0.364. The lowest BCUT2D eigenvalue weighted by Crippen LogP contribution is -2.20. The number of hydrogen-bond donors (Lipinski definition) is 1. The summed E-state index contributed by atoms with van der Waals surface area (Å²) in [4.78, 5) is 4.00. The zero-order valence-corrected chi connectivity index (χ0v) is 9.46. The Labute approximate surface area is 94.5 Å². The summed E-state index contributed by atoms with van der Waals surface area (Å²) < 4.78 is 1.91. The fourth-order valence-corrected chi connectivity index (χ4v) is 1.48. The Kier molecular flexibility index (Phi) is 3.26. The van der Waals surface area contributed by atoms with Gasteiger partial charge in [0.05, 0.1) is 6.54 Å². The zero-order valence-electron chi connectivity index (χ0n) is 9.46. The highest BCUT2D eigenvalue weighted by Gasteiger charge is 2.06. The number of aryl methyl sites for hydroxylation is 1. The van der Waals surface area contributed by atoms with Crippen molar-refractivity contribution in [3.8, 4) is 0 Å². The van der Waals surface area contributed by atoms with Gasteiger partial charge in [-0.1, -0.05) is 0 Å². The first-order valence-electron chi connectivity index (χ1n) is 5.23. The highest BCUT2D eigenvalue weighted by atomic mass is 15.3. The van der Waals surface area contributed by atoms with E-state index in [2.05, 4.69) is 27.4 Å². The molecule has 0 saturated carbocycles. The van der Waals surface area contributed by atoms with Crippen LogP contribution in [0.3, 0.4) is 0 Å². The summed E-state index contributed by atoms with van der Waals surface area (Å²) in [7, 11) is 1.94. The normalized spacial score (nSPS) is 12.6. The minimum absolute atomic E-state index is 0.278. The van der Waals surface area contributed by atoms with Crippen LogP contribution in [0.5, 0.6) is 0 Å². The third kappa shape index (κ3) is 2.43. The van der Waals surface area contributed by atoms with Gasteiger partial charge in [-0.2, -0.15) is 0 Å². The molecule has 0 radical (unpaired) electrons. The number of aromatic nitrogens is 4. The molecule has 0 aliphatic rings. The third-order valence-electron chi connectivity index (χ3n) is 2.58. The Morgan fingerprint density at radius 1 is 1.38 bits per heavy atom. The molecule has 0 aliphatic carbocycles. The number of nitrogens with one attached hydrogen (secondary N) is 1. The van der Waals surface area contributed by atoms with Crippen molar-refractivity contribution < 1.29 is 0 Å². The molecule has 1 atom stereocenters. The Hall–Kier alpha value is -1.75. The van der Waals surface area contributed by atoms with Crippen molar-refractivity contribution in [1.82, 2.24) is 25.1 Å². The van der Waals surface area contributed by atoms with Gasteiger partial charge in [0.1, 0.15) is 12.2 Å². The van der Waals surface area contributed by atoms with Gasteiger partial charge >= 0.3 is 0 Å². The Bertz CT molecular complexity index is 437. The van der Waals surface area contributed by atoms with Gasteiger partial charge in [0.2, 0.25) is 0 Å². The molecule has 5 heteroatoms. The molecule has 2 aromatic heterocycles. The second-order valence-corrected chi connectivity index (χ2v) is 3.74. The molecule has 1 unspecified atom stereocenters. The SMILES string of the molecule is CC(NCc1nncn1C)c1ccncc1. The lowest BCUT2D eigenvalue weighted by Gasteiger charge is -2.13. The van der Waals surface area contributed by atoms with E-state index in [0.717, 1.165) is 5.82 Å². The summed E-state index contributed by atoms with van der Waals surface area (Å²) in [5, 5.41) is 11.2. The van der Waals surface area contributed by atoms with Crippen molar-refractivity contribution >= 4 is 0 Å². The van der Waals surface area contributed by atoms with Gasteiger partial charge in [-0.3, -0.25) is 4.98 Å². The van der Waals surface area contributed by atoms with E-state index in [1.807, 2.05) is 23.7 Å². The van der Waals surface area contributed by atoms with Crippen LogP contribution in [0.1, 0.15) is 24.4 Å². The predicted molar refractivity (Wildman–Crippen MR) is 60.5 cm³/mol. The fourth-order valence-electron chi connectivity index (χ4n) is 1.48. The molecule has 1 N–H and O–H groups in total. The van der Waals surface area contributed by atoms with Gasteiger partial charge in [-0.05, 0) is 24.6 Å². The minimum atomic E-state index is 0.278. The average Bonchev–Trinajstić information content (AvgIpc) is 2.73. The van der Waals surface area contributed by atoms with Crippen LogP contribution < -0.4 is 5.32 Å². The average molecular weight is 217 g/mol. The van der Waals surface area contributed by atoms with Gasteiger partial charge < -0.3 is 9.88 Å². The summed E-state index contributed by atoms with van der Waals surface area (Å²) in [5.41, 5.74) is 1.22. The maximum atomic E-state index is 4.02. The third-order valence-corrected chi connectivity index (χ3v) is 2.58. The van der Waals surface area contributed by atoms with Gasteiger partial charge in [0.15, 0.2) is 0 Å². The highest BCUT2D eigenvalue weighted by Crippen LogP contribution is 2.10. The van der Waals surface area contributed by atoms with Crippen LogP contribution in [0.15, 0.2) is 30.9 Å². The smallest absolute Gasteiger partial charge is 0.146 e. The van der Waals surface area contributed by atoms with E-state index in [0.29, 0.717) is 6.54 Å². The summed E-state index contributed by atoms with van der Waals surface area (Å²) >= 11 is 0. The second kappa shape index (κ2) is 4.85. The molecule has 0 amide bonds. The van der Waals surface area contributed by atoms with Gasteiger partial charge in [-0.25, -0.2) is 0 Å². The first-order chi connectivity index (χ1) is 7.77. The highest BCUT2D eigenvalue weighted by molar-refractivity contribution is 5.13. The number of hydrogen-bond acceptors (Lipinski definition) is 4. The lowest BCUT2D eigenvalue weighted by molar-refractivity contribution is 0.548. The van der Waals surface area contributed by atoms with Crippen molar-refractivity contribution in [1.29, 1.82) is 0 Å². The van der Waals surface area contributed by atoms with Crippen LogP contribution in [-0.2, 0) is 13.6 Å². The topological polar surface area (TPSA) is 55.6 Å². The lowest BCUT2D eigenvalue weighted by atomic mass is 10.1.